The summed E-state index contributed by atoms with van der Waals surface area (Å²) in [6.45, 7) is 24.5. The lowest BCUT2D eigenvalue weighted by Gasteiger charge is -2.32. The molecule has 0 saturated carbocycles. The molecular formula is C102H88B3ClN2O10. The van der Waals surface area contributed by atoms with E-state index >= 15 is 0 Å². The van der Waals surface area contributed by atoms with Crippen LogP contribution in [0.2, 0.25) is 5.02 Å². The average molecular weight is 1570 g/mol. The Morgan fingerprint density at radius 1 is 0.220 bits per heavy atom. The predicted octanol–water partition coefficient (Wildman–Crippen LogP) is 27.8. The molecular weight excluding hydrogens is 1480 g/mol. The maximum absolute atomic E-state index is 6.39. The first kappa shape index (κ1) is 76.1. The first-order chi connectivity index (χ1) is 56.8. The second-order valence-corrected chi connectivity index (χ2v) is 34.3. The number of hydrogen-bond donors (Lipinski definition) is 0. The van der Waals surface area contributed by atoms with E-state index < -0.39 is 32.3 Å². The maximum Gasteiger partial charge on any atom is 0.494 e. The summed E-state index contributed by atoms with van der Waals surface area (Å²) in [4.78, 5) is 4.53. The minimum absolute atomic E-state index is 0.360. The van der Waals surface area contributed by atoms with Crippen molar-refractivity contribution in [2.75, 3.05) is 9.80 Å². The lowest BCUT2D eigenvalue weighted by Crippen LogP contribution is -2.41. The molecule has 118 heavy (non-hydrogen) atoms. The van der Waals surface area contributed by atoms with Crippen molar-refractivity contribution in [3.05, 3.63) is 320 Å². The Morgan fingerprint density at radius 2 is 0.432 bits per heavy atom. The fourth-order valence-corrected chi connectivity index (χ4v) is 16.4. The quantitative estimate of drug-likeness (QED) is 0.109. The molecule has 14 aromatic carbocycles. The molecule has 3 saturated heterocycles. The highest BCUT2D eigenvalue weighted by molar-refractivity contribution is 7.11. The Bertz CT molecular complexity index is 6410. The summed E-state index contributed by atoms with van der Waals surface area (Å²) in [6, 6.07) is 109. The molecule has 21 rings (SSSR count). The van der Waals surface area contributed by atoms with Gasteiger partial charge in [0, 0.05) is 104 Å². The smallest absolute Gasteiger partial charge is 0.455 e. The molecule has 0 aliphatic carbocycles. The SMILES string of the molecule is CC1(C)OB(B2OC(C)(C)C(C)(C)O2)OC1(C)C.CC1(C)OB(c2ccc(N(c3ccc(-c4cccc5c4oc4ccccc45)cc3)c3ccc(-c4cccc5c4oc4ccccc45)cc3)cc2)OC1(C)C.Clc1ccc(N(c2ccc(-c3cccc4c3oc3ccccc34)cc2)c2ccc(-c3cccc4c3oc3ccccc34)cc2)cc1. The van der Waals surface area contributed by atoms with E-state index in [-0.39, 0.29) is 22.4 Å². The fraction of sp³-hybridized carbons (Fsp3) is 0.176. The van der Waals surface area contributed by atoms with Crippen LogP contribution < -0.4 is 15.3 Å². The number of benzene rings is 14. The second kappa shape index (κ2) is 29.3. The van der Waals surface area contributed by atoms with Gasteiger partial charge in [0.1, 0.15) is 44.7 Å². The minimum atomic E-state index is -0.476. The number of furan rings is 4. The molecule has 18 aromatic rings. The van der Waals surface area contributed by atoms with Crippen molar-refractivity contribution >= 4 is 160 Å². The number of anilines is 6. The van der Waals surface area contributed by atoms with Gasteiger partial charge in [-0.2, -0.15) is 0 Å². The summed E-state index contributed by atoms with van der Waals surface area (Å²) < 4.78 is 62.0. The second-order valence-electron chi connectivity index (χ2n) is 33.9. The molecule has 0 bridgehead atoms. The van der Waals surface area contributed by atoms with Crippen molar-refractivity contribution < 1.29 is 45.6 Å². The van der Waals surface area contributed by atoms with Gasteiger partial charge < -0.3 is 55.4 Å². The van der Waals surface area contributed by atoms with Gasteiger partial charge in [0.25, 0.3) is 0 Å². The fourth-order valence-electron chi connectivity index (χ4n) is 16.3. The van der Waals surface area contributed by atoms with Gasteiger partial charge in [0.2, 0.25) is 0 Å². The molecule has 0 amide bonds. The van der Waals surface area contributed by atoms with Crippen LogP contribution in [0.15, 0.2) is 333 Å². The largest absolute Gasteiger partial charge is 0.494 e. The van der Waals surface area contributed by atoms with Gasteiger partial charge in [-0.3, -0.25) is 0 Å². The maximum atomic E-state index is 6.39. The molecule has 582 valence electrons. The van der Waals surface area contributed by atoms with Crippen molar-refractivity contribution in [3.8, 4) is 44.5 Å². The highest BCUT2D eigenvalue weighted by Gasteiger charge is 2.64. The van der Waals surface area contributed by atoms with Gasteiger partial charge in [-0.05, 0) is 220 Å². The van der Waals surface area contributed by atoms with Gasteiger partial charge in [-0.1, -0.05) is 218 Å². The number of nitrogens with zero attached hydrogens (tertiary/aromatic N) is 2. The topological polar surface area (TPSA) is 114 Å². The van der Waals surface area contributed by atoms with Crippen LogP contribution in [0.1, 0.15) is 83.1 Å². The molecule has 0 N–H and O–H groups in total. The van der Waals surface area contributed by atoms with E-state index in [9.17, 15) is 0 Å². The standard InChI is InChI=1S/C48H38BNO4.C42H26ClNO2.C12H24B2O4/c1-47(2)48(3,4)54-49(53-47)33-23-29-36(30-24-33)50(34-25-19-31(20-26-34)37-13-9-15-41-39-11-5-7-17-43(39)51-45(37)41)35-27-21-32(22-28-35)38-14-10-16-42-40-12-6-8-18-44(40)52-46(38)42;43-29-19-25-32(26-20-29)44(30-21-15-27(16-22-30)33-9-5-11-37-35-7-1-3-13-39(35)45-41(33)37)31-23-17-28(18-24-31)34-10-6-12-38-36-8-2-4-14-40(36)46-42(34)38;1-9(2)10(3,4)16-13(15-9)14-17-11(5,6)12(7,8)18-14/h5-30H,1-4H3;1-26H;1-8H3. The third kappa shape index (κ3) is 13.6. The Morgan fingerprint density at radius 3 is 0.686 bits per heavy atom. The van der Waals surface area contributed by atoms with Crippen molar-refractivity contribution in [2.45, 2.75) is 117 Å². The first-order valence-corrected chi connectivity index (χ1v) is 40.8. The van der Waals surface area contributed by atoms with Gasteiger partial charge in [0.15, 0.2) is 0 Å². The zero-order valence-corrected chi connectivity index (χ0v) is 68.9. The number of para-hydroxylation sites is 8. The molecule has 4 aromatic heterocycles. The molecule has 3 fully saturated rings. The van der Waals surface area contributed by atoms with Gasteiger partial charge in [-0.25, -0.2) is 0 Å². The monoisotopic (exact) mass is 1570 g/mol. The molecule has 0 atom stereocenters. The van der Waals surface area contributed by atoms with Crippen LogP contribution in [0.4, 0.5) is 34.1 Å². The summed E-state index contributed by atoms with van der Waals surface area (Å²) in [6.07, 6.45) is 0. The number of fused-ring (bicyclic) bond motifs is 12. The van der Waals surface area contributed by atoms with Crippen LogP contribution in [0.3, 0.4) is 0 Å². The number of halogens is 1. The molecule has 3 aliphatic rings. The Balaban J connectivity index is 0.000000131. The van der Waals surface area contributed by atoms with Crippen LogP contribution in [-0.2, 0) is 27.9 Å². The summed E-state index contributed by atoms with van der Waals surface area (Å²) in [5.41, 5.74) is 20.8. The van der Waals surface area contributed by atoms with Crippen LogP contribution in [0, 0.1) is 0 Å². The average Bonchev–Trinajstić information content (AvgIpc) is 1.59. The van der Waals surface area contributed by atoms with Crippen molar-refractivity contribution in [1.29, 1.82) is 0 Å². The van der Waals surface area contributed by atoms with Crippen molar-refractivity contribution in [1.82, 2.24) is 0 Å². The molecule has 3 aliphatic heterocycles. The molecule has 0 unspecified atom stereocenters. The zero-order chi connectivity index (χ0) is 81.2. The van der Waals surface area contributed by atoms with Crippen LogP contribution >= 0.6 is 11.6 Å². The number of rotatable bonds is 12. The van der Waals surface area contributed by atoms with Crippen LogP contribution in [0.25, 0.3) is 132 Å². The van der Waals surface area contributed by atoms with E-state index in [4.69, 9.17) is 57.2 Å². The normalized spacial score (nSPS) is 16.3. The lowest BCUT2D eigenvalue weighted by molar-refractivity contribution is 0.00578. The van der Waals surface area contributed by atoms with E-state index in [2.05, 4.69) is 292 Å². The summed E-state index contributed by atoms with van der Waals surface area (Å²) in [5.74, 6) is 0. The zero-order valence-electron chi connectivity index (χ0n) is 68.1. The third-order valence-electron chi connectivity index (χ3n) is 24.9. The van der Waals surface area contributed by atoms with Gasteiger partial charge >= 0.3 is 21.1 Å². The Hall–Kier alpha value is -11.9. The van der Waals surface area contributed by atoms with E-state index in [1.54, 1.807) is 0 Å². The Kier molecular flexibility index (Phi) is 18.9. The highest BCUT2D eigenvalue weighted by Crippen LogP contribution is 2.48. The summed E-state index contributed by atoms with van der Waals surface area (Å²) in [5, 5.41) is 9.70. The van der Waals surface area contributed by atoms with Gasteiger partial charge in [-0.15, -0.1) is 0 Å². The predicted molar refractivity (Wildman–Crippen MR) is 486 cm³/mol. The first-order valence-electron chi connectivity index (χ1n) is 40.4. The number of hydrogen-bond acceptors (Lipinski definition) is 12. The summed E-state index contributed by atoms with van der Waals surface area (Å²) >= 11 is 6.30. The minimum Gasteiger partial charge on any atom is -0.455 e. The molecule has 16 heteroatoms. The summed E-state index contributed by atoms with van der Waals surface area (Å²) in [7, 11) is -1.38. The van der Waals surface area contributed by atoms with Gasteiger partial charge in [0.05, 0.1) is 33.6 Å². The molecule has 7 heterocycles. The molecule has 12 nitrogen and oxygen atoms in total. The molecule has 0 spiro atoms. The third-order valence-corrected chi connectivity index (χ3v) is 25.1. The Labute approximate surface area is 692 Å². The van der Waals surface area contributed by atoms with Crippen LogP contribution in [0.5, 0.6) is 0 Å². The highest BCUT2D eigenvalue weighted by atomic mass is 35.5. The van der Waals surface area contributed by atoms with Crippen molar-refractivity contribution in [3.63, 3.8) is 0 Å². The van der Waals surface area contributed by atoms with E-state index in [1.807, 2.05) is 116 Å². The lowest BCUT2D eigenvalue weighted by atomic mass is 9.49. The van der Waals surface area contributed by atoms with E-state index in [1.165, 1.54) is 0 Å². The van der Waals surface area contributed by atoms with E-state index in [0.717, 1.165) is 172 Å². The molecule has 0 radical (unpaired) electrons. The van der Waals surface area contributed by atoms with Crippen LogP contribution in [-0.4, -0.2) is 54.7 Å². The van der Waals surface area contributed by atoms with E-state index in [0.29, 0.717) is 5.02 Å². The van der Waals surface area contributed by atoms with Crippen molar-refractivity contribution in [2.24, 2.45) is 0 Å².